The summed E-state index contributed by atoms with van der Waals surface area (Å²) in [6.45, 7) is 1.94. The molecule has 2 amide bonds. The maximum absolute atomic E-state index is 13.4. The van der Waals surface area contributed by atoms with Gasteiger partial charge in [-0.05, 0) is 19.1 Å². The highest BCUT2D eigenvalue weighted by molar-refractivity contribution is 6.08. The highest BCUT2D eigenvalue weighted by Crippen LogP contribution is 2.48. The number of quaternary nitrogens is 1. The van der Waals surface area contributed by atoms with Crippen LogP contribution in [0.3, 0.4) is 0 Å². The smallest absolute Gasteiger partial charge is 0.373 e. The molecule has 0 aromatic heterocycles. The molecule has 2 saturated heterocycles. The SMILES string of the molecule is CCOC(=O)[C@]1(c2ccccc2)[NH2+][C@@H](c2ccc(N(C)C)cc2)[C@H]2C(=O)N(C)C(=O)[C@H]21. The molecule has 7 nitrogen and oxygen atoms in total. The van der Waals surface area contributed by atoms with E-state index in [1.165, 1.54) is 11.9 Å². The van der Waals surface area contributed by atoms with Crippen LogP contribution >= 0.6 is 0 Å². The number of nitrogens with zero attached hydrogens (tertiary/aromatic N) is 2. The predicted molar refractivity (Wildman–Crippen MR) is 115 cm³/mol. The second-order valence-electron chi connectivity index (χ2n) is 8.37. The zero-order chi connectivity index (χ0) is 22.3. The third-order valence-corrected chi connectivity index (χ3v) is 6.55. The fourth-order valence-corrected chi connectivity index (χ4v) is 5.02. The minimum absolute atomic E-state index is 0.193. The molecule has 162 valence electrons. The van der Waals surface area contributed by atoms with Gasteiger partial charge in [-0.1, -0.05) is 42.5 Å². The van der Waals surface area contributed by atoms with Gasteiger partial charge in [0.25, 0.3) is 0 Å². The van der Waals surface area contributed by atoms with Crippen LogP contribution in [-0.2, 0) is 24.7 Å². The summed E-state index contributed by atoms with van der Waals surface area (Å²) in [5.74, 6) is -2.55. The Balaban J connectivity index is 1.89. The zero-order valence-corrected chi connectivity index (χ0v) is 18.2. The van der Waals surface area contributed by atoms with E-state index < -0.39 is 23.3 Å². The molecule has 2 fully saturated rings. The summed E-state index contributed by atoms with van der Waals surface area (Å²) >= 11 is 0. The topological polar surface area (TPSA) is 83.5 Å². The molecular formula is C24H28N3O4+. The van der Waals surface area contributed by atoms with Gasteiger partial charge in [-0.15, -0.1) is 0 Å². The van der Waals surface area contributed by atoms with Gasteiger partial charge in [0.05, 0.1) is 6.61 Å². The Kier molecular flexibility index (Phi) is 5.31. The van der Waals surface area contributed by atoms with Gasteiger partial charge in [0.2, 0.25) is 17.4 Å². The Bertz CT molecular complexity index is 1010. The normalized spacial score (nSPS) is 27.4. The largest absolute Gasteiger partial charge is 0.461 e. The minimum atomic E-state index is -1.32. The summed E-state index contributed by atoms with van der Waals surface area (Å²) in [6, 6.07) is 16.7. The molecule has 0 radical (unpaired) electrons. The number of amides is 2. The van der Waals surface area contributed by atoms with Crippen molar-refractivity contribution in [1.29, 1.82) is 0 Å². The Morgan fingerprint density at radius 1 is 1.06 bits per heavy atom. The molecule has 2 heterocycles. The number of esters is 1. The lowest BCUT2D eigenvalue weighted by atomic mass is 9.75. The average Bonchev–Trinajstić information content (AvgIpc) is 3.25. The fourth-order valence-electron chi connectivity index (χ4n) is 5.02. The van der Waals surface area contributed by atoms with Crippen LogP contribution < -0.4 is 10.2 Å². The van der Waals surface area contributed by atoms with Crippen LogP contribution in [0.4, 0.5) is 5.69 Å². The summed E-state index contributed by atoms with van der Waals surface area (Å²) in [6.07, 6.45) is 0. The molecule has 0 unspecified atom stereocenters. The van der Waals surface area contributed by atoms with E-state index in [9.17, 15) is 14.4 Å². The van der Waals surface area contributed by atoms with Crippen molar-refractivity contribution in [1.82, 2.24) is 4.90 Å². The van der Waals surface area contributed by atoms with Crippen LogP contribution in [-0.4, -0.2) is 50.4 Å². The Morgan fingerprint density at radius 2 is 1.71 bits per heavy atom. The van der Waals surface area contributed by atoms with E-state index in [2.05, 4.69) is 0 Å². The maximum Gasteiger partial charge on any atom is 0.373 e. The lowest BCUT2D eigenvalue weighted by molar-refractivity contribution is -0.742. The number of imide groups is 1. The summed E-state index contributed by atoms with van der Waals surface area (Å²) in [4.78, 5) is 43.1. The van der Waals surface area contributed by atoms with E-state index in [4.69, 9.17) is 4.74 Å². The monoisotopic (exact) mass is 422 g/mol. The van der Waals surface area contributed by atoms with E-state index in [0.717, 1.165) is 11.3 Å². The first kappa shape index (κ1) is 21.1. The second-order valence-corrected chi connectivity index (χ2v) is 8.37. The number of hydrogen-bond acceptors (Lipinski definition) is 5. The van der Waals surface area contributed by atoms with E-state index in [0.29, 0.717) is 5.56 Å². The molecule has 2 aromatic rings. The van der Waals surface area contributed by atoms with Crippen molar-refractivity contribution in [3.8, 4) is 0 Å². The molecule has 0 spiro atoms. The van der Waals surface area contributed by atoms with Gasteiger partial charge in [-0.3, -0.25) is 14.5 Å². The first-order chi connectivity index (χ1) is 14.8. The number of likely N-dealkylation sites (tertiary alicyclic amines) is 1. The Morgan fingerprint density at radius 3 is 2.29 bits per heavy atom. The van der Waals surface area contributed by atoms with Gasteiger partial charge in [-0.2, -0.15) is 0 Å². The standard InChI is InChI=1S/C24H27N3O4/c1-5-31-23(30)24(16-9-7-6-8-10-16)19-18(21(28)27(4)22(19)29)20(25-24)15-11-13-17(14-12-15)26(2)3/h6-14,18-20,25H,5H2,1-4H3/p+1/t18-,19-,20-,24+/m0/s1. The molecule has 0 bridgehead atoms. The number of rotatable bonds is 5. The van der Waals surface area contributed by atoms with E-state index in [1.54, 1.807) is 6.92 Å². The number of nitrogens with two attached hydrogens (primary N) is 1. The van der Waals surface area contributed by atoms with E-state index >= 15 is 0 Å². The number of anilines is 1. The molecule has 7 heteroatoms. The molecule has 2 N–H and O–H groups in total. The molecule has 4 atom stereocenters. The minimum Gasteiger partial charge on any atom is -0.461 e. The van der Waals surface area contributed by atoms with Gasteiger partial charge in [0.1, 0.15) is 17.9 Å². The molecule has 31 heavy (non-hydrogen) atoms. The third-order valence-electron chi connectivity index (χ3n) is 6.55. The van der Waals surface area contributed by atoms with Gasteiger partial charge in [0, 0.05) is 38.0 Å². The molecule has 2 aromatic carbocycles. The summed E-state index contributed by atoms with van der Waals surface area (Å²) < 4.78 is 5.49. The number of carbonyl (C=O) groups excluding carboxylic acids is 3. The number of ether oxygens (including phenoxy) is 1. The highest BCUT2D eigenvalue weighted by atomic mass is 16.5. The van der Waals surface area contributed by atoms with Crippen molar-refractivity contribution in [3.05, 3.63) is 65.7 Å². The lowest BCUT2D eigenvalue weighted by Gasteiger charge is -2.29. The van der Waals surface area contributed by atoms with E-state index in [-0.39, 0.29) is 24.5 Å². The van der Waals surface area contributed by atoms with Gasteiger partial charge >= 0.3 is 5.97 Å². The van der Waals surface area contributed by atoms with Crippen molar-refractivity contribution >= 4 is 23.5 Å². The van der Waals surface area contributed by atoms with Crippen LogP contribution in [0.2, 0.25) is 0 Å². The number of hydrogen-bond donors (Lipinski definition) is 1. The van der Waals surface area contributed by atoms with Crippen molar-refractivity contribution < 1.29 is 24.4 Å². The van der Waals surface area contributed by atoms with Crippen molar-refractivity contribution in [2.75, 3.05) is 32.6 Å². The van der Waals surface area contributed by atoms with Crippen LogP contribution in [0.25, 0.3) is 0 Å². The average molecular weight is 423 g/mol. The number of benzene rings is 2. The lowest BCUT2D eigenvalue weighted by Crippen LogP contribution is -2.96. The summed E-state index contributed by atoms with van der Waals surface area (Å²) in [7, 11) is 5.42. The van der Waals surface area contributed by atoms with Crippen molar-refractivity contribution in [3.63, 3.8) is 0 Å². The summed E-state index contributed by atoms with van der Waals surface area (Å²) in [5.41, 5.74) is 1.29. The van der Waals surface area contributed by atoms with Crippen molar-refractivity contribution in [2.24, 2.45) is 11.8 Å². The molecule has 4 rings (SSSR count). The number of fused-ring (bicyclic) bond motifs is 1. The summed E-state index contributed by atoms with van der Waals surface area (Å²) in [5, 5.41) is 1.88. The van der Waals surface area contributed by atoms with Crippen molar-refractivity contribution in [2.45, 2.75) is 18.5 Å². The van der Waals surface area contributed by atoms with E-state index in [1.807, 2.05) is 78.9 Å². The van der Waals surface area contributed by atoms with Gasteiger partial charge in [0.15, 0.2) is 0 Å². The highest BCUT2D eigenvalue weighted by Gasteiger charge is 2.72. The molecule has 2 aliphatic heterocycles. The maximum atomic E-state index is 13.4. The molecule has 2 aliphatic rings. The Labute approximate surface area is 182 Å². The van der Waals surface area contributed by atoms with Crippen LogP contribution in [0.15, 0.2) is 54.6 Å². The van der Waals surface area contributed by atoms with Crippen LogP contribution in [0, 0.1) is 11.8 Å². The molecular weight excluding hydrogens is 394 g/mol. The van der Waals surface area contributed by atoms with Gasteiger partial charge in [-0.25, -0.2) is 4.79 Å². The predicted octanol–water partition coefficient (Wildman–Crippen LogP) is 1.06. The third kappa shape index (κ3) is 3.11. The zero-order valence-electron chi connectivity index (χ0n) is 18.2. The Hall–Kier alpha value is -3.19. The second kappa shape index (κ2) is 7.81. The van der Waals surface area contributed by atoms with Crippen LogP contribution in [0.5, 0.6) is 0 Å². The first-order valence-electron chi connectivity index (χ1n) is 10.5. The van der Waals surface area contributed by atoms with Gasteiger partial charge < -0.3 is 15.0 Å². The fraction of sp³-hybridized carbons (Fsp3) is 0.375. The van der Waals surface area contributed by atoms with Crippen LogP contribution in [0.1, 0.15) is 24.1 Å². The molecule has 0 saturated carbocycles. The molecule has 0 aliphatic carbocycles. The first-order valence-corrected chi connectivity index (χ1v) is 10.5. The quantitative estimate of drug-likeness (QED) is 0.576. The number of carbonyl (C=O) groups is 3.